The molecule has 22 heavy (non-hydrogen) atoms. The number of carbonyl (C=O) groups is 1. The lowest BCUT2D eigenvalue weighted by molar-refractivity contribution is -0.136. The number of nitrogens with zero attached hydrogens (tertiary/aromatic N) is 1. The highest BCUT2D eigenvalue weighted by molar-refractivity contribution is 5.79. The van der Waals surface area contributed by atoms with E-state index in [0.29, 0.717) is 25.2 Å². The van der Waals surface area contributed by atoms with E-state index in [2.05, 4.69) is 31.3 Å². The van der Waals surface area contributed by atoms with Crippen molar-refractivity contribution in [2.45, 2.75) is 51.2 Å². The summed E-state index contributed by atoms with van der Waals surface area (Å²) in [7, 11) is 1.69. The van der Waals surface area contributed by atoms with Crippen LogP contribution in [0.2, 0.25) is 0 Å². The van der Waals surface area contributed by atoms with Crippen molar-refractivity contribution in [1.29, 1.82) is 0 Å². The van der Waals surface area contributed by atoms with E-state index in [9.17, 15) is 4.79 Å². The number of piperidine rings is 1. The second-order valence-electron chi connectivity index (χ2n) is 6.23. The molecule has 0 bridgehead atoms. The maximum absolute atomic E-state index is 12.6. The van der Waals surface area contributed by atoms with Crippen molar-refractivity contribution in [3.8, 4) is 0 Å². The third kappa shape index (κ3) is 4.31. The highest BCUT2D eigenvalue weighted by Crippen LogP contribution is 2.22. The fraction of sp³-hybridized carbons (Fsp3) is 0.611. The van der Waals surface area contributed by atoms with Crippen LogP contribution >= 0.6 is 0 Å². The molecule has 3 unspecified atom stereocenters. The second-order valence-corrected chi connectivity index (χ2v) is 6.23. The number of likely N-dealkylation sites (tertiary alicyclic amines) is 1. The molecule has 1 aromatic rings. The number of carbonyl (C=O) groups excluding carboxylic acids is 1. The lowest BCUT2D eigenvalue weighted by atomic mass is 9.97. The average Bonchev–Trinajstić information content (AvgIpc) is 2.52. The van der Waals surface area contributed by atoms with E-state index in [0.717, 1.165) is 18.4 Å². The van der Waals surface area contributed by atoms with Crippen LogP contribution in [0.4, 0.5) is 0 Å². The molecule has 122 valence electrons. The smallest absolute Gasteiger partial charge is 0.237 e. The second kappa shape index (κ2) is 8.30. The van der Waals surface area contributed by atoms with Crippen molar-refractivity contribution >= 4 is 5.91 Å². The number of nitrogens with one attached hydrogen (secondary N) is 1. The van der Waals surface area contributed by atoms with Crippen LogP contribution in [0.1, 0.15) is 44.7 Å². The zero-order chi connectivity index (χ0) is 15.9. The van der Waals surface area contributed by atoms with Crippen molar-refractivity contribution in [3.05, 3.63) is 35.9 Å². The van der Waals surface area contributed by atoms with Crippen LogP contribution in [-0.4, -0.2) is 43.2 Å². The molecule has 1 saturated heterocycles. The molecule has 0 saturated carbocycles. The Morgan fingerprint density at radius 1 is 1.27 bits per heavy atom. The van der Waals surface area contributed by atoms with Crippen molar-refractivity contribution < 1.29 is 9.53 Å². The van der Waals surface area contributed by atoms with Gasteiger partial charge in [-0.25, -0.2) is 0 Å². The van der Waals surface area contributed by atoms with Crippen LogP contribution < -0.4 is 5.32 Å². The zero-order valence-electron chi connectivity index (χ0n) is 13.9. The first-order chi connectivity index (χ1) is 10.6. The Kier molecular flexibility index (Phi) is 6.40. The zero-order valence-corrected chi connectivity index (χ0v) is 13.9. The summed E-state index contributed by atoms with van der Waals surface area (Å²) in [4.78, 5) is 14.6. The minimum absolute atomic E-state index is 0.0468. The first-order valence-electron chi connectivity index (χ1n) is 8.22. The first-order valence-corrected chi connectivity index (χ1v) is 8.22. The molecule has 4 heteroatoms. The minimum Gasteiger partial charge on any atom is -0.383 e. The summed E-state index contributed by atoms with van der Waals surface area (Å²) < 4.78 is 5.29. The van der Waals surface area contributed by atoms with Crippen molar-refractivity contribution in [1.82, 2.24) is 10.2 Å². The van der Waals surface area contributed by atoms with E-state index in [1.54, 1.807) is 7.11 Å². The number of benzene rings is 1. The van der Waals surface area contributed by atoms with Crippen molar-refractivity contribution in [2.24, 2.45) is 0 Å². The Labute approximate surface area is 133 Å². The Balaban J connectivity index is 1.95. The Hall–Kier alpha value is -1.39. The largest absolute Gasteiger partial charge is 0.383 e. The molecule has 1 aliphatic rings. The van der Waals surface area contributed by atoms with Gasteiger partial charge in [0.15, 0.2) is 0 Å². The maximum atomic E-state index is 12.6. The molecule has 0 aliphatic carbocycles. The van der Waals surface area contributed by atoms with Gasteiger partial charge >= 0.3 is 0 Å². The van der Waals surface area contributed by atoms with Gasteiger partial charge in [0.25, 0.3) is 0 Å². The molecule has 1 aliphatic heterocycles. The summed E-state index contributed by atoms with van der Waals surface area (Å²) >= 11 is 0. The fourth-order valence-corrected chi connectivity index (χ4v) is 3.34. The summed E-state index contributed by atoms with van der Waals surface area (Å²) in [5.41, 5.74) is 1.15. The van der Waals surface area contributed by atoms with E-state index in [1.165, 1.54) is 6.42 Å². The van der Waals surface area contributed by atoms with E-state index in [1.807, 2.05) is 23.1 Å². The van der Waals surface area contributed by atoms with Gasteiger partial charge < -0.3 is 9.64 Å². The predicted molar refractivity (Wildman–Crippen MR) is 88.7 cm³/mol. The van der Waals surface area contributed by atoms with Gasteiger partial charge in [0.2, 0.25) is 5.91 Å². The average molecular weight is 304 g/mol. The van der Waals surface area contributed by atoms with Gasteiger partial charge in [0.1, 0.15) is 0 Å². The van der Waals surface area contributed by atoms with E-state index in [4.69, 9.17) is 4.74 Å². The Morgan fingerprint density at radius 2 is 1.91 bits per heavy atom. The molecular formula is C18H28N2O2. The Morgan fingerprint density at radius 3 is 2.50 bits per heavy atom. The Bertz CT molecular complexity index is 453. The molecule has 4 nitrogen and oxygen atoms in total. The normalized spacial score (nSPS) is 23.3. The SMILES string of the molecule is COCC(NCC(=O)N1C(C)CCCC1C)c1ccccc1. The van der Waals surface area contributed by atoms with Gasteiger partial charge in [-0.2, -0.15) is 0 Å². The lowest BCUT2D eigenvalue weighted by Gasteiger charge is -2.39. The van der Waals surface area contributed by atoms with Crippen LogP contribution in [0.5, 0.6) is 0 Å². The minimum atomic E-state index is 0.0468. The van der Waals surface area contributed by atoms with Crippen molar-refractivity contribution in [2.75, 3.05) is 20.3 Å². The number of amides is 1. The fourth-order valence-electron chi connectivity index (χ4n) is 3.34. The van der Waals surface area contributed by atoms with E-state index in [-0.39, 0.29) is 11.9 Å². The number of hydrogen-bond acceptors (Lipinski definition) is 3. The highest BCUT2D eigenvalue weighted by Gasteiger charge is 2.28. The number of ether oxygens (including phenoxy) is 1. The molecule has 2 rings (SSSR count). The van der Waals surface area contributed by atoms with Crippen LogP contribution in [-0.2, 0) is 9.53 Å². The third-order valence-corrected chi connectivity index (χ3v) is 4.52. The lowest BCUT2D eigenvalue weighted by Crippen LogP contribution is -2.50. The van der Waals surface area contributed by atoms with Gasteiger partial charge in [-0.15, -0.1) is 0 Å². The topological polar surface area (TPSA) is 41.6 Å². The molecule has 0 spiro atoms. The van der Waals surface area contributed by atoms with Crippen LogP contribution in [0.25, 0.3) is 0 Å². The van der Waals surface area contributed by atoms with E-state index < -0.39 is 0 Å². The molecule has 1 heterocycles. The van der Waals surface area contributed by atoms with Gasteiger partial charge in [-0.05, 0) is 38.7 Å². The molecule has 1 N–H and O–H groups in total. The maximum Gasteiger partial charge on any atom is 0.237 e. The summed E-state index contributed by atoms with van der Waals surface area (Å²) in [6, 6.07) is 10.9. The van der Waals surface area contributed by atoms with Crippen LogP contribution in [0, 0.1) is 0 Å². The monoisotopic (exact) mass is 304 g/mol. The van der Waals surface area contributed by atoms with E-state index >= 15 is 0 Å². The van der Waals surface area contributed by atoms with Crippen LogP contribution in [0.15, 0.2) is 30.3 Å². The molecule has 0 radical (unpaired) electrons. The molecule has 1 aromatic carbocycles. The molecule has 1 amide bonds. The third-order valence-electron chi connectivity index (χ3n) is 4.52. The van der Waals surface area contributed by atoms with Gasteiger partial charge in [-0.1, -0.05) is 30.3 Å². The summed E-state index contributed by atoms with van der Waals surface area (Å²) in [5.74, 6) is 0.191. The highest BCUT2D eigenvalue weighted by atomic mass is 16.5. The first kappa shape index (κ1) is 17.0. The van der Waals surface area contributed by atoms with Gasteiger partial charge in [0.05, 0.1) is 19.2 Å². The summed E-state index contributed by atoms with van der Waals surface area (Å²) in [6.07, 6.45) is 3.43. The van der Waals surface area contributed by atoms with Crippen LogP contribution in [0.3, 0.4) is 0 Å². The van der Waals surface area contributed by atoms with Crippen molar-refractivity contribution in [3.63, 3.8) is 0 Å². The molecule has 3 atom stereocenters. The standard InChI is InChI=1S/C18H28N2O2/c1-14-8-7-9-15(2)20(14)18(21)12-19-17(13-22-3)16-10-5-4-6-11-16/h4-6,10-11,14-15,17,19H,7-9,12-13H2,1-3H3. The number of rotatable bonds is 6. The summed E-state index contributed by atoms with van der Waals surface area (Å²) in [5, 5.41) is 3.36. The number of methoxy groups -OCH3 is 1. The number of hydrogen-bond donors (Lipinski definition) is 1. The predicted octanol–water partition coefficient (Wildman–Crippen LogP) is 2.75. The van der Waals surface area contributed by atoms with Gasteiger partial charge in [0, 0.05) is 19.2 Å². The molecular weight excluding hydrogens is 276 g/mol. The summed E-state index contributed by atoms with van der Waals surface area (Å²) in [6.45, 7) is 5.22. The quantitative estimate of drug-likeness (QED) is 0.878. The molecule has 0 aromatic heterocycles. The van der Waals surface area contributed by atoms with Gasteiger partial charge in [-0.3, -0.25) is 10.1 Å². The molecule has 1 fully saturated rings.